The van der Waals surface area contributed by atoms with E-state index in [9.17, 15) is 4.79 Å². The third-order valence-electron chi connectivity index (χ3n) is 1.55. The van der Waals surface area contributed by atoms with Crippen LogP contribution >= 0.6 is 23.2 Å². The Balaban J connectivity index is 3.29. The Morgan fingerprint density at radius 3 is 2.29 bits per heavy atom. The maximum atomic E-state index is 11.1. The lowest BCUT2D eigenvalue weighted by atomic mass is 10.2. The van der Waals surface area contributed by atoms with Gasteiger partial charge < -0.3 is 4.74 Å². The topological polar surface area (TPSA) is 30.7 Å². The van der Waals surface area contributed by atoms with Crippen LogP contribution in [-0.2, 0) is 4.74 Å². The molecule has 3 nitrogen and oxygen atoms in total. The molecule has 5 heteroatoms. The summed E-state index contributed by atoms with van der Waals surface area (Å²) in [4.78, 5) is 14.2. The summed E-state index contributed by atoms with van der Waals surface area (Å²) < 4.78 is 4.49. The van der Waals surface area contributed by atoms with Gasteiger partial charge in [-0.2, -0.15) is 0 Å². The van der Waals surface area contributed by atoms with Crippen molar-refractivity contribution in [2.24, 2.45) is 0 Å². The van der Waals surface area contributed by atoms with Gasteiger partial charge in [-0.3, -0.25) is 0 Å². The summed E-state index contributed by atoms with van der Waals surface area (Å²) in [6.07, 6.45) is 0. The molecule has 0 aromatic heterocycles. The van der Waals surface area contributed by atoms with Gasteiger partial charge in [-0.25, -0.2) is 9.64 Å². The Labute approximate surface area is 91.0 Å². The number of carbonyl (C=O) groups is 1. The van der Waals surface area contributed by atoms with Crippen molar-refractivity contribution >= 4 is 34.9 Å². The highest BCUT2D eigenvalue weighted by Gasteiger charge is 2.12. The van der Waals surface area contributed by atoms with Gasteiger partial charge in [-0.15, -0.1) is 0 Å². The molecular weight excluding hydrogens is 225 g/mol. The van der Waals surface area contributed by atoms with Gasteiger partial charge >= 0.3 is 5.97 Å². The minimum atomic E-state index is -0.537. The first-order valence-corrected chi connectivity index (χ1v) is 4.30. The van der Waals surface area contributed by atoms with E-state index in [2.05, 4.69) is 9.58 Å². The quantitative estimate of drug-likeness (QED) is 0.547. The van der Waals surface area contributed by atoms with Crippen LogP contribution in [0.2, 0.25) is 10.0 Å². The predicted octanol–water partition coefficient (Wildman–Crippen LogP) is 3.33. The standard InChI is InChI=1S/C9H5Cl2NO2/c1-12-8-6(10)3-5(4-7(8)11)9(13)14-2/h3-4H,2H3. The first kappa shape index (κ1) is 10.8. The molecule has 0 spiro atoms. The number of carbonyl (C=O) groups excluding carboxylic acids is 1. The second-order valence-electron chi connectivity index (χ2n) is 2.39. The van der Waals surface area contributed by atoms with E-state index in [0.29, 0.717) is 0 Å². The molecule has 1 aromatic rings. The molecule has 0 aliphatic rings. The van der Waals surface area contributed by atoms with E-state index in [4.69, 9.17) is 29.8 Å². The minimum Gasteiger partial charge on any atom is -0.465 e. The zero-order valence-corrected chi connectivity index (χ0v) is 8.69. The summed E-state index contributed by atoms with van der Waals surface area (Å²) in [5, 5.41) is 0.292. The molecule has 14 heavy (non-hydrogen) atoms. The fourth-order valence-corrected chi connectivity index (χ4v) is 1.48. The van der Waals surface area contributed by atoms with E-state index in [0.717, 1.165) is 0 Å². The number of nitrogens with zero attached hydrogens (tertiary/aromatic N) is 1. The Kier molecular flexibility index (Phi) is 3.34. The second-order valence-corrected chi connectivity index (χ2v) is 3.21. The van der Waals surface area contributed by atoms with E-state index in [1.54, 1.807) is 0 Å². The van der Waals surface area contributed by atoms with Crippen LogP contribution in [0, 0.1) is 6.57 Å². The van der Waals surface area contributed by atoms with E-state index in [1.165, 1.54) is 19.2 Å². The Hall–Kier alpha value is -1.24. The number of ether oxygens (including phenoxy) is 1. The van der Waals surface area contributed by atoms with Crippen LogP contribution in [0.3, 0.4) is 0 Å². The summed E-state index contributed by atoms with van der Waals surface area (Å²) in [7, 11) is 1.26. The zero-order chi connectivity index (χ0) is 10.7. The third-order valence-corrected chi connectivity index (χ3v) is 2.13. The number of esters is 1. The van der Waals surface area contributed by atoms with Crippen molar-refractivity contribution < 1.29 is 9.53 Å². The lowest BCUT2D eigenvalue weighted by Gasteiger charge is -2.02. The molecule has 0 radical (unpaired) electrons. The highest BCUT2D eigenvalue weighted by atomic mass is 35.5. The number of halogens is 2. The predicted molar refractivity (Wildman–Crippen MR) is 54.1 cm³/mol. The summed E-state index contributed by atoms with van der Waals surface area (Å²) in [6, 6.07) is 2.71. The van der Waals surface area contributed by atoms with Gasteiger partial charge in [-0.1, -0.05) is 23.2 Å². The third kappa shape index (κ3) is 1.98. The molecule has 0 unspecified atom stereocenters. The molecule has 0 atom stereocenters. The summed E-state index contributed by atoms with van der Waals surface area (Å²) in [6.45, 7) is 6.79. The number of hydrogen-bond acceptors (Lipinski definition) is 2. The largest absolute Gasteiger partial charge is 0.465 e. The summed E-state index contributed by atoms with van der Waals surface area (Å²) in [5.74, 6) is -0.537. The van der Waals surface area contributed by atoms with Crippen molar-refractivity contribution in [3.63, 3.8) is 0 Å². The Bertz CT molecular complexity index is 400. The maximum absolute atomic E-state index is 11.1. The van der Waals surface area contributed by atoms with Gasteiger partial charge in [0.2, 0.25) is 5.69 Å². The fraction of sp³-hybridized carbons (Fsp3) is 0.111. The van der Waals surface area contributed by atoms with Gasteiger partial charge in [0.1, 0.15) is 0 Å². The van der Waals surface area contributed by atoms with Crippen molar-refractivity contribution in [3.8, 4) is 0 Å². The van der Waals surface area contributed by atoms with Crippen molar-refractivity contribution in [1.29, 1.82) is 0 Å². The molecule has 0 aliphatic carbocycles. The van der Waals surface area contributed by atoms with Gasteiger partial charge in [-0.05, 0) is 12.1 Å². The molecule has 1 aromatic carbocycles. The molecule has 0 heterocycles. The molecule has 0 N–H and O–H groups in total. The fourth-order valence-electron chi connectivity index (χ4n) is 0.908. The molecule has 1 rings (SSSR count). The first-order valence-electron chi connectivity index (χ1n) is 3.55. The van der Waals surface area contributed by atoms with Crippen LogP contribution in [0.25, 0.3) is 4.85 Å². The number of rotatable bonds is 1. The smallest absolute Gasteiger partial charge is 0.337 e. The van der Waals surface area contributed by atoms with Gasteiger partial charge in [0, 0.05) is 10.0 Å². The van der Waals surface area contributed by atoms with Gasteiger partial charge in [0.05, 0.1) is 19.2 Å². The Morgan fingerprint density at radius 1 is 1.43 bits per heavy atom. The molecule has 0 amide bonds. The lowest BCUT2D eigenvalue weighted by Crippen LogP contribution is -2.00. The molecule has 0 saturated heterocycles. The number of hydrogen-bond donors (Lipinski definition) is 0. The van der Waals surface area contributed by atoms with Crippen molar-refractivity contribution in [3.05, 3.63) is 39.2 Å². The maximum Gasteiger partial charge on any atom is 0.337 e. The van der Waals surface area contributed by atoms with E-state index in [1.807, 2.05) is 0 Å². The van der Waals surface area contributed by atoms with Crippen LogP contribution < -0.4 is 0 Å². The van der Waals surface area contributed by atoms with E-state index in [-0.39, 0.29) is 21.3 Å². The van der Waals surface area contributed by atoms with Crippen LogP contribution in [0.4, 0.5) is 5.69 Å². The van der Waals surface area contributed by atoms with E-state index < -0.39 is 5.97 Å². The monoisotopic (exact) mass is 229 g/mol. The highest BCUT2D eigenvalue weighted by Crippen LogP contribution is 2.34. The minimum absolute atomic E-state index is 0.140. The van der Waals surface area contributed by atoms with Crippen LogP contribution in [0.15, 0.2) is 12.1 Å². The zero-order valence-electron chi connectivity index (χ0n) is 7.17. The molecule has 0 fully saturated rings. The van der Waals surface area contributed by atoms with Crippen LogP contribution in [0.5, 0.6) is 0 Å². The van der Waals surface area contributed by atoms with Crippen molar-refractivity contribution in [1.82, 2.24) is 0 Å². The van der Waals surface area contributed by atoms with Crippen molar-refractivity contribution in [2.75, 3.05) is 7.11 Å². The SMILES string of the molecule is [C-]#[N+]c1c(Cl)cc(C(=O)OC)cc1Cl. The number of methoxy groups -OCH3 is 1. The lowest BCUT2D eigenvalue weighted by molar-refractivity contribution is 0.0601. The first-order chi connectivity index (χ1) is 6.60. The molecular formula is C9H5Cl2NO2. The summed E-state index contributed by atoms with van der Waals surface area (Å²) >= 11 is 11.5. The van der Waals surface area contributed by atoms with E-state index >= 15 is 0 Å². The molecule has 0 saturated carbocycles. The van der Waals surface area contributed by atoms with Crippen LogP contribution in [-0.4, -0.2) is 13.1 Å². The average Bonchev–Trinajstić information content (AvgIpc) is 2.16. The Morgan fingerprint density at radius 2 is 1.93 bits per heavy atom. The molecule has 0 aliphatic heterocycles. The van der Waals surface area contributed by atoms with Gasteiger partial charge in [0.15, 0.2) is 0 Å². The van der Waals surface area contributed by atoms with Crippen LogP contribution in [0.1, 0.15) is 10.4 Å². The molecule has 72 valence electrons. The summed E-state index contributed by atoms with van der Waals surface area (Å²) in [5.41, 5.74) is 0.371. The normalized spacial score (nSPS) is 9.29. The molecule has 0 bridgehead atoms. The van der Waals surface area contributed by atoms with Gasteiger partial charge in [0.25, 0.3) is 0 Å². The number of benzene rings is 1. The van der Waals surface area contributed by atoms with Crippen molar-refractivity contribution in [2.45, 2.75) is 0 Å². The second kappa shape index (κ2) is 4.32. The highest BCUT2D eigenvalue weighted by molar-refractivity contribution is 6.39. The average molecular weight is 230 g/mol.